The normalized spacial score (nSPS) is 28.2. The maximum absolute atomic E-state index is 5.50. The molecule has 12 heavy (non-hydrogen) atoms. The summed E-state index contributed by atoms with van der Waals surface area (Å²) in [5.74, 6) is 0. The molecule has 5 heteroatoms. The third-order valence-corrected chi connectivity index (χ3v) is 1.74. The maximum Gasteiger partial charge on any atom is 0.222 e. The second-order valence-electron chi connectivity index (χ2n) is 2.46. The van der Waals surface area contributed by atoms with Gasteiger partial charge >= 0.3 is 0 Å². The van der Waals surface area contributed by atoms with Crippen molar-refractivity contribution in [2.75, 3.05) is 0 Å². The number of aromatic nitrogens is 2. The van der Waals surface area contributed by atoms with Crippen molar-refractivity contribution in [3.05, 3.63) is 23.2 Å². The van der Waals surface area contributed by atoms with E-state index in [-0.39, 0.29) is 17.9 Å². The molecule has 1 fully saturated rings. The van der Waals surface area contributed by atoms with Gasteiger partial charge in [-0.2, -0.15) is 0 Å². The zero-order valence-electron chi connectivity index (χ0n) is 6.40. The van der Waals surface area contributed by atoms with Gasteiger partial charge in [-0.15, -0.1) is 0 Å². The van der Waals surface area contributed by atoms with Crippen molar-refractivity contribution in [1.29, 1.82) is 0 Å². The lowest BCUT2D eigenvalue weighted by atomic mass is 10.3. The molecule has 0 atom stereocenters. The highest BCUT2D eigenvalue weighted by Gasteiger charge is 2.28. The van der Waals surface area contributed by atoms with Crippen molar-refractivity contribution in [2.24, 2.45) is 0 Å². The summed E-state index contributed by atoms with van der Waals surface area (Å²) in [5, 5.41) is 0.228. The Kier molecular flexibility index (Phi) is 1.96. The van der Waals surface area contributed by atoms with Gasteiger partial charge in [-0.25, -0.2) is 9.97 Å². The first kappa shape index (κ1) is 7.91. The topological polar surface area (TPSA) is 44.2 Å². The lowest BCUT2D eigenvalue weighted by Gasteiger charge is -2.33. The van der Waals surface area contributed by atoms with Crippen LogP contribution in [0.3, 0.4) is 0 Å². The molecule has 64 valence electrons. The van der Waals surface area contributed by atoms with E-state index < -0.39 is 0 Å². The molecule has 0 aromatic carbocycles. The molecule has 0 spiro atoms. The van der Waals surface area contributed by atoms with Crippen LogP contribution in [0.1, 0.15) is 18.8 Å². The van der Waals surface area contributed by atoms with Crippen molar-refractivity contribution in [3.8, 4) is 0 Å². The molecule has 0 saturated carbocycles. The van der Waals surface area contributed by atoms with Gasteiger partial charge in [0.2, 0.25) is 5.28 Å². The summed E-state index contributed by atoms with van der Waals surface area (Å²) in [6.45, 7) is 1.83. The largest absolute Gasteiger partial charge is 0.319 e. The highest BCUT2D eigenvalue weighted by atomic mass is 35.5. The lowest BCUT2D eigenvalue weighted by molar-refractivity contribution is -0.382. The van der Waals surface area contributed by atoms with Crippen molar-refractivity contribution < 1.29 is 9.47 Å². The fraction of sp³-hybridized carbons (Fsp3) is 0.429. The standard InChI is InChI=1S/C7H7ClN2O2/c1-4-11-6(12-4)5-2-9-7(8)10-3-5/h2-4,6H,1H3. The molecule has 1 aromatic heterocycles. The fourth-order valence-electron chi connectivity index (χ4n) is 0.959. The van der Waals surface area contributed by atoms with Gasteiger partial charge in [0.15, 0.2) is 12.6 Å². The number of halogens is 1. The van der Waals surface area contributed by atoms with Gasteiger partial charge < -0.3 is 9.47 Å². The minimum absolute atomic E-state index is 0.134. The van der Waals surface area contributed by atoms with Gasteiger partial charge in [0.05, 0.1) is 0 Å². The summed E-state index contributed by atoms with van der Waals surface area (Å²) < 4.78 is 10.4. The van der Waals surface area contributed by atoms with Crippen LogP contribution in [0.4, 0.5) is 0 Å². The second-order valence-corrected chi connectivity index (χ2v) is 2.80. The highest BCUT2D eigenvalue weighted by Crippen LogP contribution is 2.30. The Morgan fingerprint density at radius 1 is 1.33 bits per heavy atom. The Labute approximate surface area is 74.5 Å². The van der Waals surface area contributed by atoms with Gasteiger partial charge in [-0.3, -0.25) is 0 Å². The number of hydrogen-bond acceptors (Lipinski definition) is 4. The van der Waals surface area contributed by atoms with E-state index in [9.17, 15) is 0 Å². The number of hydrogen-bond donors (Lipinski definition) is 0. The molecule has 1 aliphatic rings. The molecule has 0 aliphatic carbocycles. The molecule has 2 rings (SSSR count). The van der Waals surface area contributed by atoms with Crippen LogP contribution in [0.5, 0.6) is 0 Å². The molecule has 1 aromatic rings. The minimum atomic E-state index is -0.322. The third kappa shape index (κ3) is 1.41. The first-order valence-corrected chi connectivity index (χ1v) is 3.92. The van der Waals surface area contributed by atoms with Gasteiger partial charge in [0.25, 0.3) is 0 Å². The Bertz CT molecular complexity index is 271. The number of rotatable bonds is 1. The molecule has 4 nitrogen and oxygen atoms in total. The van der Waals surface area contributed by atoms with Gasteiger partial charge in [0.1, 0.15) is 0 Å². The van der Waals surface area contributed by atoms with Gasteiger partial charge in [-0.05, 0) is 18.5 Å². The molecule has 0 amide bonds. The Balaban J connectivity index is 2.09. The van der Waals surface area contributed by atoms with Crippen molar-refractivity contribution in [3.63, 3.8) is 0 Å². The van der Waals surface area contributed by atoms with E-state index in [0.717, 1.165) is 5.56 Å². The monoisotopic (exact) mass is 186 g/mol. The van der Waals surface area contributed by atoms with Crippen LogP contribution in [0.15, 0.2) is 12.4 Å². The summed E-state index contributed by atoms with van der Waals surface area (Å²) in [4.78, 5) is 7.60. The van der Waals surface area contributed by atoms with Crippen LogP contribution >= 0.6 is 11.6 Å². The smallest absolute Gasteiger partial charge is 0.222 e. The first-order chi connectivity index (χ1) is 5.75. The molecule has 1 saturated heterocycles. The predicted octanol–water partition coefficient (Wildman–Crippen LogP) is 1.52. The first-order valence-electron chi connectivity index (χ1n) is 3.54. The lowest BCUT2D eigenvalue weighted by Crippen LogP contribution is -2.31. The Morgan fingerprint density at radius 2 is 1.92 bits per heavy atom. The van der Waals surface area contributed by atoms with E-state index in [0.29, 0.717) is 0 Å². The Hall–Kier alpha value is -0.710. The quantitative estimate of drug-likeness (QED) is 0.624. The van der Waals surface area contributed by atoms with Crippen molar-refractivity contribution >= 4 is 11.6 Å². The average molecular weight is 187 g/mol. The van der Waals surface area contributed by atoms with Crippen LogP contribution in [0.2, 0.25) is 5.28 Å². The van der Waals surface area contributed by atoms with E-state index in [1.54, 1.807) is 12.4 Å². The number of nitrogens with zero attached hydrogens (tertiary/aromatic N) is 2. The fourth-order valence-corrected chi connectivity index (χ4v) is 1.06. The summed E-state index contributed by atoms with van der Waals surface area (Å²) >= 11 is 5.50. The van der Waals surface area contributed by atoms with E-state index in [4.69, 9.17) is 21.1 Å². The average Bonchev–Trinajstić information content (AvgIpc) is 2.01. The number of ether oxygens (including phenoxy) is 2. The van der Waals surface area contributed by atoms with Crippen LogP contribution in [-0.2, 0) is 9.47 Å². The van der Waals surface area contributed by atoms with Crippen molar-refractivity contribution in [1.82, 2.24) is 9.97 Å². The zero-order chi connectivity index (χ0) is 8.55. The molecule has 0 bridgehead atoms. The van der Waals surface area contributed by atoms with Crippen LogP contribution in [-0.4, -0.2) is 16.3 Å². The van der Waals surface area contributed by atoms with E-state index in [2.05, 4.69) is 9.97 Å². The predicted molar refractivity (Wildman–Crippen MR) is 41.4 cm³/mol. The summed E-state index contributed by atoms with van der Waals surface area (Å²) in [6, 6.07) is 0. The molecule has 2 heterocycles. The molecular weight excluding hydrogens is 180 g/mol. The zero-order valence-corrected chi connectivity index (χ0v) is 7.15. The van der Waals surface area contributed by atoms with Gasteiger partial charge in [0, 0.05) is 18.0 Å². The maximum atomic E-state index is 5.50. The van der Waals surface area contributed by atoms with Gasteiger partial charge in [-0.1, -0.05) is 0 Å². The molecule has 0 radical (unpaired) electrons. The van der Waals surface area contributed by atoms with E-state index in [1.165, 1.54) is 0 Å². The van der Waals surface area contributed by atoms with E-state index in [1.807, 2.05) is 6.92 Å². The van der Waals surface area contributed by atoms with Crippen LogP contribution in [0.25, 0.3) is 0 Å². The molecular formula is C7H7ClN2O2. The summed E-state index contributed by atoms with van der Waals surface area (Å²) in [6.07, 6.45) is 2.72. The third-order valence-electron chi connectivity index (χ3n) is 1.54. The Morgan fingerprint density at radius 3 is 2.42 bits per heavy atom. The molecule has 1 aliphatic heterocycles. The molecule has 0 unspecified atom stereocenters. The summed E-state index contributed by atoms with van der Waals surface area (Å²) in [7, 11) is 0. The minimum Gasteiger partial charge on any atom is -0.319 e. The second kappa shape index (κ2) is 2.97. The molecule has 0 N–H and O–H groups in total. The SMILES string of the molecule is CC1OC(c2cnc(Cl)nc2)O1. The highest BCUT2D eigenvalue weighted by molar-refractivity contribution is 6.28. The summed E-state index contributed by atoms with van der Waals surface area (Å²) in [5.41, 5.74) is 0.789. The van der Waals surface area contributed by atoms with Crippen LogP contribution < -0.4 is 0 Å². The van der Waals surface area contributed by atoms with Crippen LogP contribution in [0, 0.1) is 0 Å². The van der Waals surface area contributed by atoms with Crippen molar-refractivity contribution in [2.45, 2.75) is 19.5 Å². The van der Waals surface area contributed by atoms with E-state index >= 15 is 0 Å².